The quantitative estimate of drug-likeness (QED) is 0.796. The van der Waals surface area contributed by atoms with Crippen molar-refractivity contribution in [1.29, 1.82) is 0 Å². The summed E-state index contributed by atoms with van der Waals surface area (Å²) in [5, 5.41) is 3.42. The van der Waals surface area contributed by atoms with Gasteiger partial charge in [0.15, 0.2) is 11.2 Å². The van der Waals surface area contributed by atoms with E-state index in [1.165, 1.54) is 17.2 Å². The molecule has 25 heavy (non-hydrogen) atoms. The highest BCUT2D eigenvalue weighted by molar-refractivity contribution is 5.93. The summed E-state index contributed by atoms with van der Waals surface area (Å²) in [6, 6.07) is 16.6. The van der Waals surface area contributed by atoms with Crippen LogP contribution in [0.25, 0.3) is 11.0 Å². The summed E-state index contributed by atoms with van der Waals surface area (Å²) < 4.78 is 5.60. The highest BCUT2D eigenvalue weighted by atomic mass is 16.3. The van der Waals surface area contributed by atoms with E-state index in [1.807, 2.05) is 6.07 Å². The maximum absolute atomic E-state index is 12.5. The predicted molar refractivity (Wildman–Crippen MR) is 96.9 cm³/mol. The number of rotatable bonds is 3. The van der Waals surface area contributed by atoms with E-state index < -0.39 is 0 Å². The van der Waals surface area contributed by atoms with Crippen LogP contribution in [0.3, 0.4) is 0 Å². The Bertz CT molecular complexity index is 990. The maximum Gasteiger partial charge on any atom is 0.287 e. The zero-order valence-corrected chi connectivity index (χ0v) is 13.8. The van der Waals surface area contributed by atoms with Crippen LogP contribution < -0.4 is 10.7 Å². The van der Waals surface area contributed by atoms with Crippen LogP contribution in [0.15, 0.2) is 63.8 Å². The molecular formula is C21H19NO3. The number of carbonyl (C=O) groups is 1. The molecule has 1 aliphatic rings. The average Bonchev–Trinajstić information content (AvgIpc) is 2.66. The molecule has 1 N–H and O–H groups in total. The van der Waals surface area contributed by atoms with Crippen molar-refractivity contribution in [1.82, 2.24) is 5.32 Å². The van der Waals surface area contributed by atoms with Gasteiger partial charge in [-0.3, -0.25) is 9.59 Å². The molecule has 0 saturated carbocycles. The van der Waals surface area contributed by atoms with Crippen LogP contribution in [0.2, 0.25) is 0 Å². The highest BCUT2D eigenvalue weighted by Crippen LogP contribution is 2.30. The summed E-state index contributed by atoms with van der Waals surface area (Å²) in [7, 11) is 0. The molecule has 4 rings (SSSR count). The third-order valence-electron chi connectivity index (χ3n) is 4.86. The molecule has 0 bridgehead atoms. The van der Waals surface area contributed by atoms with Gasteiger partial charge in [0.25, 0.3) is 5.91 Å². The SMILES string of the molecule is O=C(NCC1CCCc2ccccc21)c1cc(=O)c2ccccc2o1. The van der Waals surface area contributed by atoms with Crippen molar-refractivity contribution in [2.45, 2.75) is 25.2 Å². The van der Waals surface area contributed by atoms with Gasteiger partial charge in [-0.15, -0.1) is 0 Å². The van der Waals surface area contributed by atoms with E-state index >= 15 is 0 Å². The van der Waals surface area contributed by atoms with Gasteiger partial charge in [0.2, 0.25) is 0 Å². The molecular weight excluding hydrogens is 314 g/mol. The lowest BCUT2D eigenvalue weighted by Gasteiger charge is -2.25. The molecule has 0 fully saturated rings. The zero-order chi connectivity index (χ0) is 17.2. The minimum atomic E-state index is -0.342. The molecule has 0 spiro atoms. The van der Waals surface area contributed by atoms with Gasteiger partial charge in [-0.25, -0.2) is 0 Å². The lowest BCUT2D eigenvalue weighted by molar-refractivity contribution is 0.0923. The minimum Gasteiger partial charge on any atom is -0.451 e. The largest absolute Gasteiger partial charge is 0.451 e. The zero-order valence-electron chi connectivity index (χ0n) is 13.8. The molecule has 2 aromatic carbocycles. The molecule has 0 saturated heterocycles. The monoisotopic (exact) mass is 333 g/mol. The fraction of sp³-hybridized carbons (Fsp3) is 0.238. The van der Waals surface area contributed by atoms with E-state index in [-0.39, 0.29) is 17.1 Å². The summed E-state index contributed by atoms with van der Waals surface area (Å²) >= 11 is 0. The molecule has 1 aliphatic carbocycles. The van der Waals surface area contributed by atoms with E-state index in [0.717, 1.165) is 19.3 Å². The van der Waals surface area contributed by atoms with Crippen molar-refractivity contribution in [2.75, 3.05) is 6.54 Å². The van der Waals surface area contributed by atoms with Crippen LogP contribution in [0.5, 0.6) is 0 Å². The van der Waals surface area contributed by atoms with Crippen LogP contribution in [0.4, 0.5) is 0 Å². The molecule has 4 nitrogen and oxygen atoms in total. The van der Waals surface area contributed by atoms with Gasteiger partial charge in [-0.05, 0) is 42.5 Å². The molecule has 1 heterocycles. The van der Waals surface area contributed by atoms with Gasteiger partial charge in [0.05, 0.1) is 5.39 Å². The standard InChI is InChI=1S/C21H19NO3/c23-18-12-20(25-19-11-4-3-10-17(18)19)21(24)22-13-15-8-5-7-14-6-1-2-9-16(14)15/h1-4,6,9-12,15H,5,7-8,13H2,(H,22,24). The summed E-state index contributed by atoms with van der Waals surface area (Å²) in [5.41, 5.74) is 2.91. The number of para-hydroxylation sites is 1. The number of aryl methyl sites for hydroxylation is 1. The Morgan fingerprint density at radius 3 is 2.84 bits per heavy atom. The molecule has 1 atom stereocenters. The average molecular weight is 333 g/mol. The van der Waals surface area contributed by atoms with E-state index in [9.17, 15) is 9.59 Å². The van der Waals surface area contributed by atoms with Crippen LogP contribution in [0, 0.1) is 0 Å². The van der Waals surface area contributed by atoms with E-state index in [1.54, 1.807) is 24.3 Å². The van der Waals surface area contributed by atoms with Crippen molar-refractivity contribution in [2.24, 2.45) is 0 Å². The van der Waals surface area contributed by atoms with Crippen molar-refractivity contribution < 1.29 is 9.21 Å². The van der Waals surface area contributed by atoms with Gasteiger partial charge < -0.3 is 9.73 Å². The minimum absolute atomic E-state index is 0.0628. The Labute approximate surface area is 145 Å². The summed E-state index contributed by atoms with van der Waals surface area (Å²) in [5.74, 6) is 0.0276. The van der Waals surface area contributed by atoms with Crippen LogP contribution in [-0.4, -0.2) is 12.5 Å². The van der Waals surface area contributed by atoms with Gasteiger partial charge in [-0.1, -0.05) is 36.4 Å². The number of amides is 1. The first-order valence-corrected chi connectivity index (χ1v) is 8.61. The van der Waals surface area contributed by atoms with E-state index in [0.29, 0.717) is 23.4 Å². The second kappa shape index (κ2) is 6.55. The van der Waals surface area contributed by atoms with Gasteiger partial charge >= 0.3 is 0 Å². The smallest absolute Gasteiger partial charge is 0.287 e. The van der Waals surface area contributed by atoms with Crippen molar-refractivity contribution in [3.63, 3.8) is 0 Å². The molecule has 0 aliphatic heterocycles. The Morgan fingerprint density at radius 1 is 1.12 bits per heavy atom. The maximum atomic E-state index is 12.5. The van der Waals surface area contributed by atoms with Crippen LogP contribution in [-0.2, 0) is 6.42 Å². The molecule has 1 amide bonds. The molecule has 1 unspecified atom stereocenters. The molecule has 126 valence electrons. The Kier molecular flexibility index (Phi) is 4.10. The predicted octanol–water partition coefficient (Wildman–Crippen LogP) is 3.64. The van der Waals surface area contributed by atoms with Crippen LogP contribution in [0.1, 0.15) is 40.4 Å². The number of hydrogen-bond donors (Lipinski definition) is 1. The second-order valence-corrected chi connectivity index (χ2v) is 6.47. The first-order chi connectivity index (χ1) is 12.2. The number of hydrogen-bond acceptors (Lipinski definition) is 3. The third kappa shape index (κ3) is 3.07. The highest BCUT2D eigenvalue weighted by Gasteiger charge is 2.21. The first-order valence-electron chi connectivity index (χ1n) is 8.61. The lowest BCUT2D eigenvalue weighted by Crippen LogP contribution is -2.30. The number of benzene rings is 2. The summed E-state index contributed by atoms with van der Waals surface area (Å²) in [4.78, 5) is 24.6. The number of fused-ring (bicyclic) bond motifs is 2. The van der Waals surface area contributed by atoms with Gasteiger partial charge in [0.1, 0.15) is 5.58 Å². The third-order valence-corrected chi connectivity index (χ3v) is 4.86. The Balaban J connectivity index is 1.53. The lowest BCUT2D eigenvalue weighted by atomic mass is 9.83. The van der Waals surface area contributed by atoms with Crippen molar-refractivity contribution in [3.05, 3.63) is 81.7 Å². The second-order valence-electron chi connectivity index (χ2n) is 6.47. The van der Waals surface area contributed by atoms with Gasteiger partial charge in [-0.2, -0.15) is 0 Å². The van der Waals surface area contributed by atoms with Crippen LogP contribution >= 0.6 is 0 Å². The topological polar surface area (TPSA) is 59.3 Å². The van der Waals surface area contributed by atoms with Crippen molar-refractivity contribution >= 4 is 16.9 Å². The number of nitrogens with one attached hydrogen (secondary N) is 1. The Morgan fingerprint density at radius 2 is 1.92 bits per heavy atom. The molecule has 4 heteroatoms. The van der Waals surface area contributed by atoms with E-state index in [4.69, 9.17) is 4.42 Å². The fourth-order valence-electron chi connectivity index (χ4n) is 3.59. The van der Waals surface area contributed by atoms with E-state index in [2.05, 4.69) is 23.5 Å². The number of carbonyl (C=O) groups excluding carboxylic acids is 1. The molecule has 3 aromatic rings. The fourth-order valence-corrected chi connectivity index (χ4v) is 3.59. The van der Waals surface area contributed by atoms with Crippen molar-refractivity contribution in [3.8, 4) is 0 Å². The normalized spacial score (nSPS) is 16.4. The molecule has 0 radical (unpaired) electrons. The Hall–Kier alpha value is -2.88. The summed E-state index contributed by atoms with van der Waals surface area (Å²) in [6.45, 7) is 0.548. The van der Waals surface area contributed by atoms with Gasteiger partial charge in [0, 0.05) is 18.5 Å². The summed E-state index contributed by atoms with van der Waals surface area (Å²) in [6.07, 6.45) is 3.28. The first kappa shape index (κ1) is 15.6. The molecule has 1 aromatic heterocycles.